The summed E-state index contributed by atoms with van der Waals surface area (Å²) in [5, 5.41) is 9.31. The summed E-state index contributed by atoms with van der Waals surface area (Å²) in [4.78, 5) is 13.5. The Bertz CT molecular complexity index is 930. The smallest absolute Gasteiger partial charge is 0.264 e. The maximum atomic E-state index is 12.1. The fourth-order valence-electron chi connectivity index (χ4n) is 2.58. The first-order chi connectivity index (χ1) is 13.3. The minimum atomic E-state index is -0.338. The minimum Gasteiger partial charge on any atom is -0.490 e. The van der Waals surface area contributed by atoms with Crippen molar-refractivity contribution in [2.24, 2.45) is 0 Å². The van der Waals surface area contributed by atoms with Crippen molar-refractivity contribution in [2.45, 2.75) is 20.5 Å². The van der Waals surface area contributed by atoms with Gasteiger partial charge in [-0.1, -0.05) is 29.8 Å². The summed E-state index contributed by atoms with van der Waals surface area (Å²) >= 11 is 2.18. The summed E-state index contributed by atoms with van der Waals surface area (Å²) < 4.78 is 12.6. The number of ether oxygens (including phenoxy) is 2. The van der Waals surface area contributed by atoms with Gasteiger partial charge in [-0.3, -0.25) is 4.79 Å². The number of nitriles is 1. The van der Waals surface area contributed by atoms with Gasteiger partial charge in [0, 0.05) is 14.1 Å². The Morgan fingerprint density at radius 2 is 2.00 bits per heavy atom. The molecular weight excluding hydrogens is 467 g/mol. The van der Waals surface area contributed by atoms with E-state index in [1.165, 1.54) is 10.5 Å². The van der Waals surface area contributed by atoms with Gasteiger partial charge in [-0.25, -0.2) is 0 Å². The van der Waals surface area contributed by atoms with Gasteiger partial charge in [0.25, 0.3) is 5.91 Å². The van der Waals surface area contributed by atoms with Crippen LogP contribution in [-0.4, -0.2) is 31.5 Å². The van der Waals surface area contributed by atoms with E-state index in [2.05, 4.69) is 28.7 Å². The van der Waals surface area contributed by atoms with Crippen LogP contribution in [0.25, 0.3) is 6.08 Å². The molecule has 6 heteroatoms. The van der Waals surface area contributed by atoms with Gasteiger partial charge in [-0.05, 0) is 65.8 Å². The van der Waals surface area contributed by atoms with Gasteiger partial charge in [-0.2, -0.15) is 5.26 Å². The minimum absolute atomic E-state index is 0.0664. The lowest BCUT2D eigenvalue weighted by Gasteiger charge is -2.15. The van der Waals surface area contributed by atoms with E-state index in [0.717, 1.165) is 9.13 Å². The fraction of sp³-hybridized carbons (Fsp3) is 0.273. The average molecular weight is 490 g/mol. The zero-order valence-electron chi connectivity index (χ0n) is 16.5. The molecule has 0 bridgehead atoms. The van der Waals surface area contributed by atoms with E-state index in [1.807, 2.05) is 44.2 Å². The van der Waals surface area contributed by atoms with E-state index >= 15 is 0 Å². The van der Waals surface area contributed by atoms with Crippen LogP contribution in [0.2, 0.25) is 0 Å². The second-order valence-electron chi connectivity index (χ2n) is 6.41. The van der Waals surface area contributed by atoms with Crippen LogP contribution in [0.4, 0.5) is 0 Å². The quantitative estimate of drug-likeness (QED) is 0.324. The highest BCUT2D eigenvalue weighted by Gasteiger charge is 2.15. The summed E-state index contributed by atoms with van der Waals surface area (Å²) in [5.74, 6) is 0.900. The van der Waals surface area contributed by atoms with Crippen LogP contribution in [0, 0.1) is 21.8 Å². The molecule has 0 aliphatic carbocycles. The number of rotatable bonds is 7. The standard InChI is InChI=1S/C22H23IN2O3/c1-5-27-20-12-17(10-18(13-24)22(26)25(3)4)11-19(23)21(20)28-14-16-8-6-7-15(2)9-16/h6-12H,5,14H2,1-4H3/b18-10-. The van der Waals surface area contributed by atoms with Crippen molar-refractivity contribution < 1.29 is 14.3 Å². The zero-order valence-corrected chi connectivity index (χ0v) is 18.6. The molecule has 2 aromatic rings. The van der Waals surface area contributed by atoms with E-state index < -0.39 is 0 Å². The van der Waals surface area contributed by atoms with Gasteiger partial charge >= 0.3 is 0 Å². The molecule has 0 atom stereocenters. The van der Waals surface area contributed by atoms with Crippen LogP contribution in [0.5, 0.6) is 11.5 Å². The second kappa shape index (κ2) is 10.1. The van der Waals surface area contributed by atoms with E-state index in [1.54, 1.807) is 26.2 Å². The summed E-state index contributed by atoms with van der Waals surface area (Å²) in [7, 11) is 3.23. The monoisotopic (exact) mass is 490 g/mol. The normalized spacial score (nSPS) is 10.9. The van der Waals surface area contributed by atoms with E-state index in [0.29, 0.717) is 30.3 Å². The summed E-state index contributed by atoms with van der Waals surface area (Å²) in [6.45, 7) is 4.85. The lowest BCUT2D eigenvalue weighted by atomic mass is 10.1. The third-order valence-electron chi connectivity index (χ3n) is 3.87. The number of likely N-dealkylation sites (N-methyl/N-ethyl adjacent to an activating group) is 1. The predicted octanol–water partition coefficient (Wildman–Crippen LogP) is 4.57. The van der Waals surface area contributed by atoms with Gasteiger partial charge in [-0.15, -0.1) is 0 Å². The molecule has 1 amide bonds. The number of benzene rings is 2. The molecule has 0 heterocycles. The second-order valence-corrected chi connectivity index (χ2v) is 7.57. The topological polar surface area (TPSA) is 62.6 Å². The van der Waals surface area contributed by atoms with Gasteiger partial charge < -0.3 is 14.4 Å². The Kier molecular flexibility index (Phi) is 7.88. The van der Waals surface area contributed by atoms with Gasteiger partial charge in [0.15, 0.2) is 11.5 Å². The van der Waals surface area contributed by atoms with Gasteiger partial charge in [0.05, 0.1) is 10.2 Å². The highest BCUT2D eigenvalue weighted by atomic mass is 127. The predicted molar refractivity (Wildman–Crippen MR) is 118 cm³/mol. The molecule has 0 N–H and O–H groups in total. The maximum absolute atomic E-state index is 12.1. The number of hydrogen-bond acceptors (Lipinski definition) is 4. The highest BCUT2D eigenvalue weighted by Crippen LogP contribution is 2.35. The van der Waals surface area contributed by atoms with Crippen molar-refractivity contribution in [3.63, 3.8) is 0 Å². The number of carbonyl (C=O) groups excluding carboxylic acids is 1. The Morgan fingerprint density at radius 1 is 1.25 bits per heavy atom. The van der Waals surface area contributed by atoms with Gasteiger partial charge in [0.1, 0.15) is 18.2 Å². The number of aryl methyl sites for hydroxylation is 1. The van der Waals surface area contributed by atoms with Crippen molar-refractivity contribution in [3.8, 4) is 17.6 Å². The van der Waals surface area contributed by atoms with Crippen LogP contribution in [0.15, 0.2) is 42.0 Å². The summed E-state index contributed by atoms with van der Waals surface area (Å²) in [5.41, 5.74) is 3.03. The number of hydrogen-bond donors (Lipinski definition) is 0. The van der Waals surface area contributed by atoms with Crippen molar-refractivity contribution >= 4 is 34.6 Å². The first kappa shape index (κ1) is 21.8. The third kappa shape index (κ3) is 5.73. The molecule has 2 rings (SSSR count). The SMILES string of the molecule is CCOc1cc(/C=C(/C#N)C(=O)N(C)C)cc(I)c1OCc1cccc(C)c1. The average Bonchev–Trinajstić information content (AvgIpc) is 2.65. The Balaban J connectivity index is 2.35. The third-order valence-corrected chi connectivity index (χ3v) is 4.67. The Hall–Kier alpha value is -2.53. The van der Waals surface area contributed by atoms with E-state index in [4.69, 9.17) is 9.47 Å². The molecular formula is C22H23IN2O3. The molecule has 0 spiro atoms. The first-order valence-corrected chi connectivity index (χ1v) is 9.91. The summed E-state index contributed by atoms with van der Waals surface area (Å²) in [6, 6.07) is 13.8. The molecule has 0 saturated heterocycles. The van der Waals surface area contributed by atoms with Gasteiger partial charge in [0.2, 0.25) is 0 Å². The van der Waals surface area contributed by atoms with Crippen molar-refractivity contribution in [3.05, 3.63) is 62.2 Å². The molecule has 0 unspecified atom stereocenters. The number of amides is 1. The first-order valence-electron chi connectivity index (χ1n) is 8.83. The Labute approximate surface area is 179 Å². The van der Waals surface area contributed by atoms with E-state index in [-0.39, 0.29) is 11.5 Å². The number of carbonyl (C=O) groups is 1. The lowest BCUT2D eigenvalue weighted by Crippen LogP contribution is -2.22. The molecule has 28 heavy (non-hydrogen) atoms. The number of halogens is 1. The van der Waals surface area contributed by atoms with E-state index in [9.17, 15) is 10.1 Å². The molecule has 0 fully saturated rings. The number of nitrogens with zero attached hydrogens (tertiary/aromatic N) is 2. The van der Waals surface area contributed by atoms with Crippen LogP contribution < -0.4 is 9.47 Å². The molecule has 146 valence electrons. The highest BCUT2D eigenvalue weighted by molar-refractivity contribution is 14.1. The molecule has 2 aromatic carbocycles. The molecule has 0 aliphatic rings. The van der Waals surface area contributed by atoms with Crippen molar-refractivity contribution in [1.29, 1.82) is 5.26 Å². The molecule has 0 radical (unpaired) electrons. The lowest BCUT2D eigenvalue weighted by molar-refractivity contribution is -0.124. The van der Waals surface area contributed by atoms with Crippen molar-refractivity contribution in [1.82, 2.24) is 4.90 Å². The summed E-state index contributed by atoms with van der Waals surface area (Å²) in [6.07, 6.45) is 1.57. The maximum Gasteiger partial charge on any atom is 0.264 e. The molecule has 5 nitrogen and oxygen atoms in total. The molecule has 0 aliphatic heterocycles. The largest absolute Gasteiger partial charge is 0.490 e. The molecule has 0 saturated carbocycles. The Morgan fingerprint density at radius 3 is 2.61 bits per heavy atom. The molecule has 0 aromatic heterocycles. The van der Waals surface area contributed by atoms with Crippen LogP contribution in [-0.2, 0) is 11.4 Å². The van der Waals surface area contributed by atoms with Crippen LogP contribution >= 0.6 is 22.6 Å². The van der Waals surface area contributed by atoms with Crippen LogP contribution in [0.1, 0.15) is 23.6 Å². The van der Waals surface area contributed by atoms with Crippen molar-refractivity contribution in [2.75, 3.05) is 20.7 Å². The van der Waals surface area contributed by atoms with Crippen LogP contribution in [0.3, 0.4) is 0 Å². The fourth-order valence-corrected chi connectivity index (χ4v) is 3.36. The zero-order chi connectivity index (χ0) is 20.7.